The summed E-state index contributed by atoms with van der Waals surface area (Å²) in [7, 11) is 0. The lowest BCUT2D eigenvalue weighted by molar-refractivity contribution is 0.0762. The van der Waals surface area contributed by atoms with Gasteiger partial charge in [0.25, 0.3) is 0 Å². The maximum atomic E-state index is 13.3. The number of benzene rings is 1. The summed E-state index contributed by atoms with van der Waals surface area (Å²) < 4.78 is 21.2. The Morgan fingerprint density at radius 3 is 2.95 bits per heavy atom. The number of nitrogens with two attached hydrogens (primary N) is 1. The molecule has 2 heterocycles. The van der Waals surface area contributed by atoms with Gasteiger partial charge in [0.2, 0.25) is 5.95 Å². The molecule has 1 aromatic heterocycles. The third-order valence-electron chi connectivity index (χ3n) is 4.20. The summed E-state index contributed by atoms with van der Waals surface area (Å²) in [5, 5.41) is 0. The van der Waals surface area contributed by atoms with Gasteiger partial charge in [0.1, 0.15) is 5.82 Å². The fourth-order valence-electron chi connectivity index (χ4n) is 3.19. The number of fused-ring (bicyclic) bond motifs is 1. The Morgan fingerprint density at radius 1 is 1.32 bits per heavy atom. The van der Waals surface area contributed by atoms with Gasteiger partial charge in [0.15, 0.2) is 0 Å². The highest BCUT2D eigenvalue weighted by molar-refractivity contribution is 5.78. The average molecular weight is 261 g/mol. The van der Waals surface area contributed by atoms with Crippen LogP contribution in [-0.2, 0) is 4.74 Å². The van der Waals surface area contributed by atoms with Gasteiger partial charge in [-0.25, -0.2) is 9.37 Å². The van der Waals surface area contributed by atoms with Crippen LogP contribution >= 0.6 is 0 Å². The third-order valence-corrected chi connectivity index (χ3v) is 4.20. The number of hydrogen-bond donors (Lipinski definition) is 1. The molecule has 1 saturated heterocycles. The molecule has 1 saturated carbocycles. The first-order chi connectivity index (χ1) is 9.24. The highest BCUT2D eigenvalue weighted by Crippen LogP contribution is 2.44. The molecule has 5 heteroatoms. The van der Waals surface area contributed by atoms with E-state index in [1.807, 2.05) is 4.57 Å². The van der Waals surface area contributed by atoms with Crippen molar-refractivity contribution in [3.05, 3.63) is 24.0 Å². The molecule has 2 aliphatic rings. The van der Waals surface area contributed by atoms with Crippen LogP contribution in [0.15, 0.2) is 18.2 Å². The zero-order valence-corrected chi connectivity index (χ0v) is 10.6. The lowest BCUT2D eigenvalue weighted by Gasteiger charge is -2.21. The van der Waals surface area contributed by atoms with Crippen molar-refractivity contribution in [3.8, 4) is 0 Å². The number of nitrogen functional groups attached to an aromatic ring is 1. The Balaban J connectivity index is 1.83. The van der Waals surface area contributed by atoms with E-state index in [2.05, 4.69) is 4.98 Å². The SMILES string of the molecule is Nc1nc2cc(F)ccc2n1C1CCOC1C1CC1. The Bertz CT molecular complexity index is 635. The molecule has 19 heavy (non-hydrogen) atoms. The van der Waals surface area contributed by atoms with Gasteiger partial charge in [-0.1, -0.05) is 0 Å². The van der Waals surface area contributed by atoms with Gasteiger partial charge in [-0.2, -0.15) is 0 Å². The van der Waals surface area contributed by atoms with Crippen LogP contribution in [0.25, 0.3) is 11.0 Å². The molecular weight excluding hydrogens is 245 g/mol. The predicted octanol–water partition coefficient (Wildman–Crippen LogP) is 2.50. The number of nitrogens with zero attached hydrogens (tertiary/aromatic N) is 2. The van der Waals surface area contributed by atoms with Crippen molar-refractivity contribution in [2.24, 2.45) is 5.92 Å². The van der Waals surface area contributed by atoms with Crippen LogP contribution in [0.4, 0.5) is 10.3 Å². The van der Waals surface area contributed by atoms with Gasteiger partial charge in [-0.3, -0.25) is 0 Å². The van der Waals surface area contributed by atoms with Crippen molar-refractivity contribution in [2.75, 3.05) is 12.3 Å². The minimum absolute atomic E-state index is 0.239. The average Bonchev–Trinajstić information content (AvgIpc) is 3.02. The van der Waals surface area contributed by atoms with Crippen molar-refractivity contribution in [2.45, 2.75) is 31.4 Å². The molecule has 0 spiro atoms. The first-order valence-electron chi connectivity index (χ1n) is 6.78. The van der Waals surface area contributed by atoms with E-state index in [4.69, 9.17) is 10.5 Å². The smallest absolute Gasteiger partial charge is 0.201 e. The first-order valence-corrected chi connectivity index (χ1v) is 6.78. The molecule has 4 nitrogen and oxygen atoms in total. The molecule has 0 amide bonds. The van der Waals surface area contributed by atoms with Gasteiger partial charge in [0.05, 0.1) is 23.2 Å². The van der Waals surface area contributed by atoms with Gasteiger partial charge in [-0.15, -0.1) is 0 Å². The summed E-state index contributed by atoms with van der Waals surface area (Å²) in [4.78, 5) is 4.28. The zero-order valence-electron chi connectivity index (χ0n) is 10.6. The summed E-state index contributed by atoms with van der Waals surface area (Å²) in [6, 6.07) is 4.89. The highest BCUT2D eigenvalue weighted by atomic mass is 19.1. The van der Waals surface area contributed by atoms with Crippen LogP contribution in [0.5, 0.6) is 0 Å². The molecule has 2 atom stereocenters. The topological polar surface area (TPSA) is 53.1 Å². The zero-order chi connectivity index (χ0) is 13.0. The van der Waals surface area contributed by atoms with E-state index < -0.39 is 0 Å². The molecule has 1 aromatic carbocycles. The number of hydrogen-bond acceptors (Lipinski definition) is 3. The lowest BCUT2D eigenvalue weighted by Crippen LogP contribution is -2.23. The van der Waals surface area contributed by atoms with E-state index in [-0.39, 0.29) is 18.0 Å². The van der Waals surface area contributed by atoms with Crippen molar-refractivity contribution in [3.63, 3.8) is 0 Å². The van der Waals surface area contributed by atoms with Crippen LogP contribution in [0.3, 0.4) is 0 Å². The molecule has 2 unspecified atom stereocenters. The number of ether oxygens (including phenoxy) is 1. The second-order valence-electron chi connectivity index (χ2n) is 5.50. The molecule has 2 fully saturated rings. The quantitative estimate of drug-likeness (QED) is 0.903. The molecule has 0 radical (unpaired) electrons. The number of aromatic nitrogens is 2. The maximum absolute atomic E-state index is 13.3. The third kappa shape index (κ3) is 1.72. The van der Waals surface area contributed by atoms with Crippen molar-refractivity contribution < 1.29 is 9.13 Å². The van der Waals surface area contributed by atoms with Gasteiger partial charge < -0.3 is 15.0 Å². The van der Waals surface area contributed by atoms with E-state index in [0.29, 0.717) is 17.4 Å². The molecule has 0 bridgehead atoms. The number of anilines is 1. The fourth-order valence-corrected chi connectivity index (χ4v) is 3.19. The summed E-state index contributed by atoms with van der Waals surface area (Å²) in [5.41, 5.74) is 7.57. The van der Waals surface area contributed by atoms with Crippen molar-refractivity contribution in [1.29, 1.82) is 0 Å². The van der Waals surface area contributed by atoms with Crippen molar-refractivity contribution in [1.82, 2.24) is 9.55 Å². The van der Waals surface area contributed by atoms with Crippen molar-refractivity contribution >= 4 is 17.0 Å². The van der Waals surface area contributed by atoms with Crippen LogP contribution in [0.1, 0.15) is 25.3 Å². The van der Waals surface area contributed by atoms with E-state index in [1.165, 1.54) is 25.0 Å². The number of imidazole rings is 1. The Morgan fingerprint density at radius 2 is 2.16 bits per heavy atom. The van der Waals surface area contributed by atoms with Gasteiger partial charge in [-0.05, 0) is 37.3 Å². The summed E-state index contributed by atoms with van der Waals surface area (Å²) >= 11 is 0. The highest BCUT2D eigenvalue weighted by Gasteiger charge is 2.42. The van der Waals surface area contributed by atoms with E-state index >= 15 is 0 Å². The molecule has 4 rings (SSSR count). The first kappa shape index (κ1) is 11.2. The van der Waals surface area contributed by atoms with Crippen LogP contribution in [0, 0.1) is 11.7 Å². The standard InChI is InChI=1S/C14H16FN3O/c15-9-3-4-11-10(7-9)17-14(16)18(11)12-5-6-19-13(12)8-1-2-8/h3-4,7-8,12-13H,1-2,5-6H2,(H2,16,17). The molecule has 1 aliphatic heterocycles. The number of rotatable bonds is 2. The molecule has 1 aliphatic carbocycles. The Hall–Kier alpha value is -1.62. The van der Waals surface area contributed by atoms with E-state index in [1.54, 1.807) is 6.07 Å². The van der Waals surface area contributed by atoms with E-state index in [9.17, 15) is 4.39 Å². The molecular formula is C14H16FN3O. The predicted molar refractivity (Wildman–Crippen MR) is 70.2 cm³/mol. The number of halogens is 1. The second kappa shape index (κ2) is 3.93. The van der Waals surface area contributed by atoms with Crippen LogP contribution in [0.2, 0.25) is 0 Å². The van der Waals surface area contributed by atoms with Gasteiger partial charge >= 0.3 is 0 Å². The lowest BCUT2D eigenvalue weighted by atomic mass is 10.1. The Kier molecular flexibility index (Phi) is 2.33. The summed E-state index contributed by atoms with van der Waals surface area (Å²) in [5.74, 6) is 0.838. The minimum Gasteiger partial charge on any atom is -0.376 e. The van der Waals surface area contributed by atoms with Crippen LogP contribution in [-0.4, -0.2) is 22.3 Å². The van der Waals surface area contributed by atoms with Crippen LogP contribution < -0.4 is 5.73 Å². The molecule has 100 valence electrons. The largest absolute Gasteiger partial charge is 0.376 e. The monoisotopic (exact) mass is 261 g/mol. The van der Waals surface area contributed by atoms with Gasteiger partial charge in [0, 0.05) is 12.7 Å². The minimum atomic E-state index is -0.279. The molecule has 2 N–H and O–H groups in total. The second-order valence-corrected chi connectivity index (χ2v) is 5.50. The summed E-state index contributed by atoms with van der Waals surface area (Å²) in [6.45, 7) is 0.770. The normalized spacial score (nSPS) is 27.2. The fraction of sp³-hybridized carbons (Fsp3) is 0.500. The summed E-state index contributed by atoms with van der Waals surface area (Å²) in [6.07, 6.45) is 3.67. The van der Waals surface area contributed by atoms with E-state index in [0.717, 1.165) is 18.5 Å². The Labute approximate surface area is 110 Å². The maximum Gasteiger partial charge on any atom is 0.201 e. The molecule has 2 aromatic rings.